The summed E-state index contributed by atoms with van der Waals surface area (Å²) >= 11 is 1.91. The predicted octanol–water partition coefficient (Wildman–Crippen LogP) is 2.11. The molecule has 0 saturated carbocycles. The second-order valence-electron chi connectivity index (χ2n) is 5.37. The summed E-state index contributed by atoms with van der Waals surface area (Å²) in [4.78, 5) is 18.1. The molecule has 1 saturated heterocycles. The first-order valence-corrected chi connectivity index (χ1v) is 7.96. The molecule has 4 heteroatoms. The van der Waals surface area contributed by atoms with Gasteiger partial charge in [0.25, 0.3) is 5.91 Å². The quantitative estimate of drug-likeness (QED) is 0.785. The van der Waals surface area contributed by atoms with E-state index in [1.54, 1.807) is 0 Å². The number of rotatable bonds is 1. The fraction of sp³-hybridized carbons (Fsp3) is 0.533. The maximum absolute atomic E-state index is 12.5. The summed E-state index contributed by atoms with van der Waals surface area (Å²) in [7, 11) is 2.11. The van der Waals surface area contributed by atoms with Gasteiger partial charge in [-0.2, -0.15) is 0 Å². The molecule has 1 amide bonds. The lowest BCUT2D eigenvalue weighted by Gasteiger charge is -2.32. The van der Waals surface area contributed by atoms with Crippen LogP contribution in [0.25, 0.3) is 0 Å². The van der Waals surface area contributed by atoms with Gasteiger partial charge in [-0.15, -0.1) is 11.8 Å². The van der Waals surface area contributed by atoms with Crippen molar-refractivity contribution < 1.29 is 4.79 Å². The molecule has 2 aliphatic rings. The van der Waals surface area contributed by atoms with Crippen LogP contribution in [0, 0.1) is 0 Å². The van der Waals surface area contributed by atoms with Gasteiger partial charge in [0.2, 0.25) is 0 Å². The van der Waals surface area contributed by atoms with Gasteiger partial charge in [-0.1, -0.05) is 0 Å². The zero-order valence-corrected chi connectivity index (χ0v) is 12.2. The van der Waals surface area contributed by atoms with Crippen molar-refractivity contribution in [3.63, 3.8) is 0 Å². The number of nitrogens with zero attached hydrogens (tertiary/aromatic N) is 2. The number of aryl methyl sites for hydroxylation is 1. The Labute approximate surface area is 119 Å². The van der Waals surface area contributed by atoms with Crippen molar-refractivity contribution in [2.24, 2.45) is 0 Å². The standard InChI is InChI=1S/C15H20N2OS/c1-16-6-8-17(9-7-16)15(18)13-4-5-14-12(11-13)3-2-10-19-14/h4-5,11H,2-3,6-10H2,1H3. The summed E-state index contributed by atoms with van der Waals surface area (Å²) in [6, 6.07) is 6.24. The fourth-order valence-corrected chi connectivity index (χ4v) is 3.70. The first-order valence-electron chi connectivity index (χ1n) is 6.97. The van der Waals surface area contributed by atoms with Crippen LogP contribution in [-0.2, 0) is 6.42 Å². The number of carbonyl (C=O) groups is 1. The maximum Gasteiger partial charge on any atom is 0.253 e. The molecule has 0 aliphatic carbocycles. The number of fused-ring (bicyclic) bond motifs is 1. The van der Waals surface area contributed by atoms with E-state index in [0.717, 1.165) is 38.2 Å². The minimum atomic E-state index is 0.200. The van der Waals surface area contributed by atoms with E-state index >= 15 is 0 Å². The van der Waals surface area contributed by atoms with Crippen molar-refractivity contribution in [3.05, 3.63) is 29.3 Å². The second-order valence-corrected chi connectivity index (χ2v) is 6.51. The Morgan fingerprint density at radius 1 is 1.21 bits per heavy atom. The Kier molecular flexibility index (Phi) is 3.80. The summed E-state index contributed by atoms with van der Waals surface area (Å²) in [5.41, 5.74) is 2.22. The molecule has 2 heterocycles. The predicted molar refractivity (Wildman–Crippen MR) is 78.9 cm³/mol. The van der Waals surface area contributed by atoms with Crippen molar-refractivity contribution in [1.29, 1.82) is 0 Å². The van der Waals surface area contributed by atoms with Crippen LogP contribution in [0.5, 0.6) is 0 Å². The summed E-state index contributed by atoms with van der Waals surface area (Å²) < 4.78 is 0. The SMILES string of the molecule is CN1CCN(C(=O)c2ccc3c(c2)CCCS3)CC1. The van der Waals surface area contributed by atoms with Crippen LogP contribution in [-0.4, -0.2) is 54.7 Å². The van der Waals surface area contributed by atoms with Crippen LogP contribution < -0.4 is 0 Å². The van der Waals surface area contributed by atoms with Crippen LogP contribution in [0.3, 0.4) is 0 Å². The highest BCUT2D eigenvalue weighted by Crippen LogP contribution is 2.30. The molecule has 19 heavy (non-hydrogen) atoms. The second kappa shape index (κ2) is 5.55. The summed E-state index contributed by atoms with van der Waals surface area (Å²) in [6.07, 6.45) is 2.34. The van der Waals surface area contributed by atoms with Crippen LogP contribution >= 0.6 is 11.8 Å². The molecule has 0 spiro atoms. The number of amides is 1. The Hall–Kier alpha value is -1.00. The first kappa shape index (κ1) is 13.0. The van der Waals surface area contributed by atoms with E-state index in [1.165, 1.54) is 22.6 Å². The van der Waals surface area contributed by atoms with E-state index in [2.05, 4.69) is 24.1 Å². The van der Waals surface area contributed by atoms with E-state index in [4.69, 9.17) is 0 Å². The van der Waals surface area contributed by atoms with E-state index in [0.29, 0.717) is 0 Å². The van der Waals surface area contributed by atoms with Gasteiger partial charge in [-0.05, 0) is 49.4 Å². The van der Waals surface area contributed by atoms with Gasteiger partial charge in [-0.25, -0.2) is 0 Å². The lowest BCUT2D eigenvalue weighted by Crippen LogP contribution is -2.47. The average Bonchev–Trinajstić information content (AvgIpc) is 2.47. The summed E-state index contributed by atoms with van der Waals surface area (Å²) in [5.74, 6) is 1.41. The van der Waals surface area contributed by atoms with Crippen LogP contribution in [0.4, 0.5) is 0 Å². The molecular formula is C15H20N2OS. The molecule has 102 valence electrons. The minimum absolute atomic E-state index is 0.200. The van der Waals surface area contributed by atoms with Gasteiger partial charge in [-0.3, -0.25) is 4.79 Å². The number of carbonyl (C=O) groups excluding carboxylic acids is 1. The van der Waals surface area contributed by atoms with Crippen LogP contribution in [0.2, 0.25) is 0 Å². The van der Waals surface area contributed by atoms with E-state index < -0.39 is 0 Å². The van der Waals surface area contributed by atoms with Crippen molar-refractivity contribution in [1.82, 2.24) is 9.80 Å². The third-order valence-electron chi connectivity index (χ3n) is 3.95. The van der Waals surface area contributed by atoms with Crippen LogP contribution in [0.15, 0.2) is 23.1 Å². The Morgan fingerprint density at radius 3 is 2.79 bits per heavy atom. The molecular weight excluding hydrogens is 256 g/mol. The molecule has 3 nitrogen and oxygen atoms in total. The Morgan fingerprint density at radius 2 is 2.00 bits per heavy atom. The summed E-state index contributed by atoms with van der Waals surface area (Å²) in [6.45, 7) is 3.65. The first-order chi connectivity index (χ1) is 9.24. The molecule has 0 radical (unpaired) electrons. The third-order valence-corrected chi connectivity index (χ3v) is 5.15. The molecule has 1 aromatic rings. The molecule has 0 aromatic heterocycles. The number of piperazine rings is 1. The van der Waals surface area contributed by atoms with Crippen molar-refractivity contribution >= 4 is 17.7 Å². The van der Waals surface area contributed by atoms with E-state index in [1.807, 2.05) is 22.7 Å². The van der Waals surface area contributed by atoms with Crippen molar-refractivity contribution in [2.75, 3.05) is 39.0 Å². The lowest BCUT2D eigenvalue weighted by molar-refractivity contribution is 0.0664. The maximum atomic E-state index is 12.5. The van der Waals surface area contributed by atoms with Gasteiger partial charge in [0.1, 0.15) is 0 Å². The molecule has 3 rings (SSSR count). The number of hydrogen-bond donors (Lipinski definition) is 0. The van der Waals surface area contributed by atoms with Gasteiger partial charge in [0.05, 0.1) is 0 Å². The number of thioether (sulfide) groups is 1. The molecule has 1 fully saturated rings. The Balaban J connectivity index is 1.76. The third kappa shape index (κ3) is 2.79. The highest BCUT2D eigenvalue weighted by Gasteiger charge is 2.21. The van der Waals surface area contributed by atoms with Gasteiger partial charge < -0.3 is 9.80 Å². The number of benzene rings is 1. The minimum Gasteiger partial charge on any atom is -0.336 e. The topological polar surface area (TPSA) is 23.6 Å². The van der Waals surface area contributed by atoms with E-state index in [9.17, 15) is 4.79 Å². The van der Waals surface area contributed by atoms with E-state index in [-0.39, 0.29) is 5.91 Å². The summed E-state index contributed by atoms with van der Waals surface area (Å²) in [5, 5.41) is 0. The molecule has 2 aliphatic heterocycles. The fourth-order valence-electron chi connectivity index (χ4n) is 2.69. The highest BCUT2D eigenvalue weighted by atomic mass is 32.2. The zero-order valence-electron chi connectivity index (χ0n) is 11.4. The molecule has 0 N–H and O–H groups in total. The molecule has 0 unspecified atom stereocenters. The molecule has 1 aromatic carbocycles. The van der Waals surface area contributed by atoms with Gasteiger partial charge in [0, 0.05) is 36.6 Å². The normalized spacial score (nSPS) is 20.2. The largest absolute Gasteiger partial charge is 0.336 e. The van der Waals surface area contributed by atoms with Crippen molar-refractivity contribution in [2.45, 2.75) is 17.7 Å². The number of likely N-dealkylation sites (N-methyl/N-ethyl adjacent to an activating group) is 1. The zero-order chi connectivity index (χ0) is 13.2. The molecule has 0 bridgehead atoms. The highest BCUT2D eigenvalue weighted by molar-refractivity contribution is 7.99. The average molecular weight is 276 g/mol. The Bertz CT molecular complexity index is 481. The smallest absolute Gasteiger partial charge is 0.253 e. The van der Waals surface area contributed by atoms with Gasteiger partial charge >= 0.3 is 0 Å². The molecule has 0 atom stereocenters. The monoisotopic (exact) mass is 276 g/mol. The lowest BCUT2D eigenvalue weighted by atomic mass is 10.1. The van der Waals surface area contributed by atoms with Crippen LogP contribution in [0.1, 0.15) is 22.3 Å². The van der Waals surface area contributed by atoms with Gasteiger partial charge in [0.15, 0.2) is 0 Å². The van der Waals surface area contributed by atoms with Crippen molar-refractivity contribution in [3.8, 4) is 0 Å². The number of hydrogen-bond acceptors (Lipinski definition) is 3.